The molecule has 0 aromatic heterocycles. The molecule has 3 atom stereocenters. The molecule has 3 unspecified atom stereocenters. The van der Waals surface area contributed by atoms with Crippen LogP contribution in [0.4, 0.5) is 0 Å². The van der Waals surface area contributed by atoms with Crippen LogP contribution < -0.4 is 0 Å². The van der Waals surface area contributed by atoms with Gasteiger partial charge in [-0.1, -0.05) is 80.6 Å². The molecule has 0 amide bonds. The van der Waals surface area contributed by atoms with Crippen molar-refractivity contribution >= 4 is 0 Å². The minimum absolute atomic E-state index is 0.551. The summed E-state index contributed by atoms with van der Waals surface area (Å²) in [6.45, 7) is 16.9. The number of hydrogen-bond donors (Lipinski definition) is 0. The van der Waals surface area contributed by atoms with Crippen LogP contribution in [-0.4, -0.2) is 0 Å². The van der Waals surface area contributed by atoms with Crippen LogP contribution in [0, 0.1) is 23.2 Å². The van der Waals surface area contributed by atoms with Crippen molar-refractivity contribution < 1.29 is 0 Å². The molecule has 0 aromatic carbocycles. The number of unbranched alkanes of at least 4 members (excludes halogenated alkanes) is 1. The zero-order valence-corrected chi connectivity index (χ0v) is 13.5. The molecule has 0 nitrogen and oxygen atoms in total. The molecule has 104 valence electrons. The third-order valence-electron chi connectivity index (χ3n) is 5.52. The Morgan fingerprint density at radius 3 is 1.76 bits per heavy atom. The fraction of sp³-hybridized carbons (Fsp3) is 1.00. The first-order chi connectivity index (χ1) is 7.97. The van der Waals surface area contributed by atoms with E-state index in [1.54, 1.807) is 0 Å². The molecule has 0 aliphatic heterocycles. The van der Waals surface area contributed by atoms with E-state index in [4.69, 9.17) is 0 Å². The topological polar surface area (TPSA) is 0 Å². The first-order valence-corrected chi connectivity index (χ1v) is 7.97. The van der Waals surface area contributed by atoms with E-state index in [9.17, 15) is 0 Å². The second-order valence-electron chi connectivity index (χ2n) is 6.30. The van der Waals surface area contributed by atoms with Crippen molar-refractivity contribution in [1.82, 2.24) is 0 Å². The van der Waals surface area contributed by atoms with Crippen LogP contribution in [0.1, 0.15) is 87.0 Å². The standard InChI is InChI=1S/C17H36/c1-8-12-13-17(7,16(10-3)11-4)15(6)14(5)9-2/h14-16H,8-13H2,1-7H3. The Kier molecular flexibility index (Phi) is 8.16. The molecule has 0 saturated carbocycles. The normalized spacial score (nSPS) is 19.1. The second kappa shape index (κ2) is 8.16. The van der Waals surface area contributed by atoms with E-state index < -0.39 is 0 Å². The molecule has 0 heteroatoms. The van der Waals surface area contributed by atoms with Crippen molar-refractivity contribution in [2.45, 2.75) is 87.0 Å². The number of hydrogen-bond acceptors (Lipinski definition) is 0. The highest BCUT2D eigenvalue weighted by Gasteiger charge is 2.38. The molecule has 0 fully saturated rings. The maximum atomic E-state index is 2.57. The van der Waals surface area contributed by atoms with E-state index in [-0.39, 0.29) is 0 Å². The maximum absolute atomic E-state index is 2.57. The third-order valence-corrected chi connectivity index (χ3v) is 5.52. The van der Waals surface area contributed by atoms with Crippen LogP contribution in [0.15, 0.2) is 0 Å². The van der Waals surface area contributed by atoms with Crippen LogP contribution in [0.2, 0.25) is 0 Å². The molecule has 17 heavy (non-hydrogen) atoms. The molecule has 0 spiro atoms. The van der Waals surface area contributed by atoms with E-state index >= 15 is 0 Å². The van der Waals surface area contributed by atoms with Crippen LogP contribution in [0.3, 0.4) is 0 Å². The summed E-state index contributed by atoms with van der Waals surface area (Å²) in [4.78, 5) is 0. The summed E-state index contributed by atoms with van der Waals surface area (Å²) in [6.07, 6.45) is 8.16. The molecule has 0 aliphatic rings. The van der Waals surface area contributed by atoms with Crippen molar-refractivity contribution in [1.29, 1.82) is 0 Å². The van der Waals surface area contributed by atoms with Gasteiger partial charge in [-0.15, -0.1) is 0 Å². The Morgan fingerprint density at radius 2 is 1.41 bits per heavy atom. The highest BCUT2D eigenvalue weighted by atomic mass is 14.4. The highest BCUT2D eigenvalue weighted by Crippen LogP contribution is 2.47. The molecule has 0 radical (unpaired) electrons. The molecule has 0 rings (SSSR count). The molecular weight excluding hydrogens is 204 g/mol. The van der Waals surface area contributed by atoms with Gasteiger partial charge < -0.3 is 0 Å². The van der Waals surface area contributed by atoms with Gasteiger partial charge in [0.2, 0.25) is 0 Å². The summed E-state index contributed by atoms with van der Waals surface area (Å²) in [5, 5.41) is 0. The summed E-state index contributed by atoms with van der Waals surface area (Å²) in [6, 6.07) is 0. The maximum Gasteiger partial charge on any atom is -0.0270 e. The van der Waals surface area contributed by atoms with Gasteiger partial charge in [0.05, 0.1) is 0 Å². The molecule has 0 bridgehead atoms. The van der Waals surface area contributed by atoms with Crippen molar-refractivity contribution in [3.8, 4) is 0 Å². The smallest absolute Gasteiger partial charge is 0.0270 e. The molecule has 0 heterocycles. The van der Waals surface area contributed by atoms with Gasteiger partial charge >= 0.3 is 0 Å². The Hall–Kier alpha value is 0. The van der Waals surface area contributed by atoms with Gasteiger partial charge in [-0.25, -0.2) is 0 Å². The molecule has 0 saturated heterocycles. The van der Waals surface area contributed by atoms with Gasteiger partial charge in [0.15, 0.2) is 0 Å². The van der Waals surface area contributed by atoms with Crippen LogP contribution in [-0.2, 0) is 0 Å². The van der Waals surface area contributed by atoms with E-state index in [1.165, 1.54) is 38.5 Å². The molecular formula is C17H36. The molecule has 0 N–H and O–H groups in total. The largest absolute Gasteiger partial charge is 0.0654 e. The number of rotatable bonds is 9. The monoisotopic (exact) mass is 240 g/mol. The lowest BCUT2D eigenvalue weighted by Gasteiger charge is -2.45. The lowest BCUT2D eigenvalue weighted by molar-refractivity contribution is 0.0459. The minimum Gasteiger partial charge on any atom is -0.0654 e. The minimum atomic E-state index is 0.551. The lowest BCUT2D eigenvalue weighted by atomic mass is 9.60. The Morgan fingerprint density at radius 1 is 0.882 bits per heavy atom. The van der Waals surface area contributed by atoms with E-state index in [2.05, 4.69) is 48.5 Å². The summed E-state index contributed by atoms with van der Waals surface area (Å²) in [5.41, 5.74) is 0.551. The lowest BCUT2D eigenvalue weighted by Crippen LogP contribution is -2.37. The highest BCUT2D eigenvalue weighted by molar-refractivity contribution is 4.87. The van der Waals surface area contributed by atoms with E-state index in [0.29, 0.717) is 5.41 Å². The van der Waals surface area contributed by atoms with E-state index in [1.807, 2.05) is 0 Å². The van der Waals surface area contributed by atoms with Gasteiger partial charge in [-0.05, 0) is 29.6 Å². The van der Waals surface area contributed by atoms with Crippen LogP contribution in [0.5, 0.6) is 0 Å². The Balaban J connectivity index is 4.92. The van der Waals surface area contributed by atoms with Gasteiger partial charge in [-0.2, -0.15) is 0 Å². The quantitative estimate of drug-likeness (QED) is 0.443. The molecule has 0 aliphatic carbocycles. The second-order valence-corrected chi connectivity index (χ2v) is 6.30. The van der Waals surface area contributed by atoms with Gasteiger partial charge in [0.25, 0.3) is 0 Å². The van der Waals surface area contributed by atoms with Crippen molar-refractivity contribution in [2.24, 2.45) is 23.2 Å². The van der Waals surface area contributed by atoms with Crippen LogP contribution in [0.25, 0.3) is 0 Å². The first kappa shape index (κ1) is 17.0. The zero-order valence-electron chi connectivity index (χ0n) is 13.5. The average Bonchev–Trinajstić information content (AvgIpc) is 2.35. The van der Waals surface area contributed by atoms with E-state index in [0.717, 1.165) is 17.8 Å². The fourth-order valence-corrected chi connectivity index (χ4v) is 3.59. The van der Waals surface area contributed by atoms with Gasteiger partial charge in [-0.3, -0.25) is 0 Å². The Labute approximate surface area is 111 Å². The fourth-order valence-electron chi connectivity index (χ4n) is 3.59. The van der Waals surface area contributed by atoms with Gasteiger partial charge in [0.1, 0.15) is 0 Å². The average molecular weight is 240 g/mol. The predicted molar refractivity (Wildman–Crippen MR) is 80.3 cm³/mol. The van der Waals surface area contributed by atoms with Crippen molar-refractivity contribution in [3.05, 3.63) is 0 Å². The Bertz CT molecular complexity index is 180. The summed E-state index contributed by atoms with van der Waals surface area (Å²) >= 11 is 0. The van der Waals surface area contributed by atoms with Gasteiger partial charge in [0, 0.05) is 0 Å². The molecule has 0 aromatic rings. The first-order valence-electron chi connectivity index (χ1n) is 7.97. The SMILES string of the molecule is CCCCC(C)(C(CC)CC)C(C)C(C)CC. The summed E-state index contributed by atoms with van der Waals surface area (Å²) < 4.78 is 0. The zero-order chi connectivity index (χ0) is 13.5. The van der Waals surface area contributed by atoms with Crippen molar-refractivity contribution in [3.63, 3.8) is 0 Å². The van der Waals surface area contributed by atoms with Crippen molar-refractivity contribution in [2.75, 3.05) is 0 Å². The summed E-state index contributed by atoms with van der Waals surface area (Å²) in [5.74, 6) is 2.61. The van der Waals surface area contributed by atoms with Crippen LogP contribution >= 0.6 is 0 Å². The third kappa shape index (κ3) is 4.30. The summed E-state index contributed by atoms with van der Waals surface area (Å²) in [7, 11) is 0. The predicted octanol–water partition coefficient (Wildman–Crippen LogP) is 6.30.